The summed E-state index contributed by atoms with van der Waals surface area (Å²) in [5.41, 5.74) is 3.58. The summed E-state index contributed by atoms with van der Waals surface area (Å²) in [6.45, 7) is 3.35. The molecule has 3 aromatic rings. The number of ether oxygens (including phenoxy) is 1. The number of benzene rings is 3. The van der Waals surface area contributed by atoms with E-state index in [-0.39, 0.29) is 30.6 Å². The van der Waals surface area contributed by atoms with E-state index in [1.165, 1.54) is 13.2 Å². The smallest absolute Gasteiger partial charge is 0.416 e. The number of alkyl halides is 9. The summed E-state index contributed by atoms with van der Waals surface area (Å²) >= 11 is 0. The topological polar surface area (TPSA) is 47.3 Å². The van der Waals surface area contributed by atoms with E-state index in [2.05, 4.69) is 5.32 Å². The molecule has 218 valence electrons. The van der Waals surface area contributed by atoms with Crippen LogP contribution in [0, 0.1) is 0 Å². The normalized spacial score (nSPS) is 13.6. The summed E-state index contributed by atoms with van der Waals surface area (Å²) in [4.78, 5) is 0. The fraction of sp³-hybridized carbons (Fsp3) is 0.357. The van der Waals surface area contributed by atoms with Crippen molar-refractivity contribution in [2.75, 3.05) is 13.7 Å². The molecule has 1 atom stereocenters. The summed E-state index contributed by atoms with van der Waals surface area (Å²) in [7, 11) is 1.42. The van der Waals surface area contributed by atoms with Crippen LogP contribution in [0.15, 0.2) is 54.6 Å². The van der Waals surface area contributed by atoms with Crippen molar-refractivity contribution in [1.82, 2.24) is 5.32 Å². The molecule has 0 aliphatic carbocycles. The third kappa shape index (κ3) is 7.48. The van der Waals surface area contributed by atoms with E-state index in [1.807, 2.05) is 19.9 Å². The number of hydrogen-bond donors (Lipinski definition) is 2. The largest absolute Gasteiger partial charge is 0.496 e. The predicted molar refractivity (Wildman–Crippen MR) is 133 cm³/mol. The second-order valence-corrected chi connectivity index (χ2v) is 9.56. The molecular weight excluding hydrogens is 551 g/mol. The van der Waals surface area contributed by atoms with Crippen molar-refractivity contribution in [2.45, 2.75) is 50.9 Å². The van der Waals surface area contributed by atoms with E-state index in [9.17, 15) is 39.5 Å². The fourth-order valence-corrected chi connectivity index (χ4v) is 4.15. The predicted octanol–water partition coefficient (Wildman–Crippen LogP) is 8.33. The number of methoxy groups -OCH3 is 1. The Morgan fingerprint density at radius 2 is 1.27 bits per heavy atom. The van der Waals surface area contributed by atoms with Crippen LogP contribution in [0.3, 0.4) is 0 Å². The molecule has 0 saturated carbocycles. The standard InChI is InChI=1S/C28H27F9N2O/c1-15(2)16-4-7-25(40-3)23(11-16)22-6-5-19(26(29,30)31)10-18(22)13-39-14-24(38)17-8-20(27(32,33)34)12-21(9-17)28(35,36)37/h4-12,15,24,39H,13-14,38H2,1-3H3. The van der Waals surface area contributed by atoms with Crippen LogP contribution < -0.4 is 15.8 Å². The van der Waals surface area contributed by atoms with E-state index < -0.39 is 46.8 Å². The van der Waals surface area contributed by atoms with Crippen molar-refractivity contribution in [3.63, 3.8) is 0 Å². The molecule has 1 unspecified atom stereocenters. The highest BCUT2D eigenvalue weighted by Gasteiger charge is 2.37. The number of nitrogens with two attached hydrogens (primary N) is 1. The van der Waals surface area contributed by atoms with Crippen molar-refractivity contribution in [3.05, 3.63) is 88.0 Å². The van der Waals surface area contributed by atoms with Gasteiger partial charge in [-0.25, -0.2) is 0 Å². The van der Waals surface area contributed by atoms with Gasteiger partial charge in [0.2, 0.25) is 0 Å². The molecule has 0 heterocycles. The Morgan fingerprint density at radius 3 is 1.77 bits per heavy atom. The van der Waals surface area contributed by atoms with E-state index in [4.69, 9.17) is 10.5 Å². The van der Waals surface area contributed by atoms with E-state index >= 15 is 0 Å². The Hall–Kier alpha value is -3.25. The minimum Gasteiger partial charge on any atom is -0.496 e. The van der Waals surface area contributed by atoms with Gasteiger partial charge in [0.15, 0.2) is 0 Å². The Labute approximate surface area is 225 Å². The molecule has 0 fully saturated rings. The van der Waals surface area contributed by atoms with Crippen molar-refractivity contribution < 1.29 is 44.3 Å². The Balaban J connectivity index is 1.96. The minimum absolute atomic E-state index is 0.00275. The lowest BCUT2D eigenvalue weighted by Crippen LogP contribution is -2.27. The number of nitrogens with one attached hydrogen (secondary N) is 1. The first kappa shape index (κ1) is 31.3. The van der Waals surface area contributed by atoms with Gasteiger partial charge in [0.25, 0.3) is 0 Å². The van der Waals surface area contributed by atoms with Gasteiger partial charge in [-0.1, -0.05) is 26.0 Å². The molecule has 3 nitrogen and oxygen atoms in total. The summed E-state index contributed by atoms with van der Waals surface area (Å²) in [6.07, 6.45) is -14.7. The number of rotatable bonds is 8. The van der Waals surface area contributed by atoms with Gasteiger partial charge in [-0.15, -0.1) is 0 Å². The summed E-state index contributed by atoms with van der Waals surface area (Å²) in [5.74, 6) is 0.512. The first-order valence-corrected chi connectivity index (χ1v) is 12.1. The van der Waals surface area contributed by atoms with Crippen LogP contribution in [0.5, 0.6) is 5.75 Å². The summed E-state index contributed by atoms with van der Waals surface area (Å²) < 4.78 is 125. The van der Waals surface area contributed by atoms with Gasteiger partial charge in [0, 0.05) is 24.7 Å². The first-order chi connectivity index (χ1) is 18.4. The van der Waals surface area contributed by atoms with E-state index in [0.717, 1.165) is 17.7 Å². The molecule has 0 aromatic heterocycles. The number of hydrogen-bond acceptors (Lipinski definition) is 3. The van der Waals surface area contributed by atoms with Crippen LogP contribution >= 0.6 is 0 Å². The SMILES string of the molecule is COc1ccc(C(C)C)cc1-c1ccc(C(F)(F)F)cc1CNCC(N)c1cc(C(F)(F)F)cc(C(F)(F)F)c1. The molecule has 40 heavy (non-hydrogen) atoms. The van der Waals surface area contributed by atoms with Crippen molar-refractivity contribution >= 4 is 0 Å². The summed E-state index contributed by atoms with van der Waals surface area (Å²) in [5, 5.41) is 2.78. The van der Waals surface area contributed by atoms with Gasteiger partial charge >= 0.3 is 18.5 Å². The highest BCUT2D eigenvalue weighted by Crippen LogP contribution is 2.39. The molecule has 12 heteroatoms. The molecule has 0 radical (unpaired) electrons. The average Bonchev–Trinajstić information content (AvgIpc) is 2.86. The van der Waals surface area contributed by atoms with Crippen LogP contribution in [0.25, 0.3) is 11.1 Å². The van der Waals surface area contributed by atoms with Crippen molar-refractivity contribution in [2.24, 2.45) is 5.73 Å². The third-order valence-corrected chi connectivity index (χ3v) is 6.33. The Morgan fingerprint density at radius 1 is 0.700 bits per heavy atom. The first-order valence-electron chi connectivity index (χ1n) is 12.1. The van der Waals surface area contributed by atoms with Gasteiger partial charge < -0.3 is 15.8 Å². The molecular formula is C28H27F9N2O. The lowest BCUT2D eigenvalue weighted by Gasteiger charge is -2.20. The molecule has 3 rings (SSSR count). The maximum absolute atomic E-state index is 13.5. The fourth-order valence-electron chi connectivity index (χ4n) is 4.15. The Kier molecular flexibility index (Phi) is 9.15. The Bertz CT molecular complexity index is 1300. The van der Waals surface area contributed by atoms with Crippen molar-refractivity contribution in [3.8, 4) is 16.9 Å². The second kappa shape index (κ2) is 11.7. The molecule has 0 amide bonds. The van der Waals surface area contributed by atoms with Crippen LogP contribution in [0.4, 0.5) is 39.5 Å². The highest BCUT2D eigenvalue weighted by atomic mass is 19.4. The summed E-state index contributed by atoms with van der Waals surface area (Å²) in [6, 6.07) is 8.20. The maximum Gasteiger partial charge on any atom is 0.416 e. The zero-order valence-corrected chi connectivity index (χ0v) is 21.7. The average molecular weight is 579 g/mol. The number of halogens is 9. The monoisotopic (exact) mass is 578 g/mol. The van der Waals surface area contributed by atoms with Gasteiger partial charge in [-0.05, 0) is 70.6 Å². The molecule has 0 spiro atoms. The lowest BCUT2D eigenvalue weighted by molar-refractivity contribution is -0.143. The molecule has 0 aliphatic heterocycles. The zero-order chi connectivity index (χ0) is 30.0. The van der Waals surface area contributed by atoms with Gasteiger partial charge in [-0.3, -0.25) is 0 Å². The van der Waals surface area contributed by atoms with Gasteiger partial charge in [-0.2, -0.15) is 39.5 Å². The van der Waals surface area contributed by atoms with Crippen LogP contribution in [-0.4, -0.2) is 13.7 Å². The van der Waals surface area contributed by atoms with Crippen LogP contribution in [-0.2, 0) is 25.1 Å². The van der Waals surface area contributed by atoms with E-state index in [1.54, 1.807) is 12.1 Å². The molecule has 3 N–H and O–H groups in total. The van der Waals surface area contributed by atoms with E-state index in [0.29, 0.717) is 29.0 Å². The molecule has 0 saturated heterocycles. The van der Waals surface area contributed by atoms with Gasteiger partial charge in [0.05, 0.1) is 23.8 Å². The minimum atomic E-state index is -5.04. The van der Waals surface area contributed by atoms with Gasteiger partial charge in [0.1, 0.15) is 5.75 Å². The third-order valence-electron chi connectivity index (χ3n) is 6.33. The second-order valence-electron chi connectivity index (χ2n) is 9.56. The molecule has 3 aromatic carbocycles. The quantitative estimate of drug-likeness (QED) is 0.264. The van der Waals surface area contributed by atoms with Crippen LogP contribution in [0.1, 0.15) is 59.2 Å². The van der Waals surface area contributed by atoms with Crippen molar-refractivity contribution in [1.29, 1.82) is 0 Å². The molecule has 0 aliphatic rings. The van der Waals surface area contributed by atoms with Crippen LogP contribution in [0.2, 0.25) is 0 Å². The highest BCUT2D eigenvalue weighted by molar-refractivity contribution is 5.74. The maximum atomic E-state index is 13.5. The molecule has 0 bridgehead atoms. The zero-order valence-electron chi connectivity index (χ0n) is 21.7. The lowest BCUT2D eigenvalue weighted by atomic mass is 9.92.